The molecule has 2 N–H and O–H groups in total. The zero-order valence-corrected chi connectivity index (χ0v) is 21.2. The molecule has 0 aliphatic rings. The van der Waals surface area contributed by atoms with Crippen molar-refractivity contribution in [2.75, 3.05) is 39.8 Å². The van der Waals surface area contributed by atoms with Crippen molar-refractivity contribution >= 4 is 33.4 Å². The molecule has 0 amide bonds. The first-order valence-corrected chi connectivity index (χ1v) is 12.4. The van der Waals surface area contributed by atoms with Gasteiger partial charge in [-0.2, -0.15) is 0 Å². The highest BCUT2D eigenvalue weighted by Gasteiger charge is 2.17. The number of alkyl halides is 1. The summed E-state index contributed by atoms with van der Waals surface area (Å²) in [5, 5.41) is 4.10. The monoisotopic (exact) mass is 516 g/mol. The molecule has 0 aliphatic carbocycles. The van der Waals surface area contributed by atoms with E-state index in [1.807, 2.05) is 7.05 Å². The van der Waals surface area contributed by atoms with Crippen molar-refractivity contribution in [2.24, 2.45) is 0 Å². The predicted octanol–water partition coefficient (Wildman–Crippen LogP) is 5.58. The first-order chi connectivity index (χ1) is 17.6. The molecule has 4 aromatic rings. The van der Waals surface area contributed by atoms with Crippen molar-refractivity contribution in [3.8, 4) is 23.1 Å². The number of aromatic nitrogens is 3. The van der Waals surface area contributed by atoms with Crippen LogP contribution >= 0.6 is 11.6 Å². The summed E-state index contributed by atoms with van der Waals surface area (Å²) in [5.41, 5.74) is 2.05. The number of hydrogen-bond donors (Lipinski definition) is 2. The second-order valence-corrected chi connectivity index (χ2v) is 8.57. The normalized spacial score (nSPS) is 11.3. The molecule has 36 heavy (non-hydrogen) atoms. The van der Waals surface area contributed by atoms with Crippen molar-refractivity contribution < 1.29 is 23.3 Å². The van der Waals surface area contributed by atoms with Gasteiger partial charge in [0.25, 0.3) is 0 Å². The molecule has 2 aromatic heterocycles. The number of nitrogens with zero attached hydrogens (tertiary/aromatic N) is 2. The molecule has 10 heteroatoms. The molecule has 0 bridgehead atoms. The first kappa shape index (κ1) is 25.9. The molecule has 0 aliphatic heterocycles. The van der Waals surface area contributed by atoms with E-state index in [-0.39, 0.29) is 11.6 Å². The SMILES string of the molecule is CNCCCCOCc1cc2c(F)c(Oc3ncnc4cc(OCCCCl)c(OC)cc34)ccc2[nH]1. The number of hydrogen-bond acceptors (Lipinski definition) is 7. The maximum absolute atomic E-state index is 15.4. The smallest absolute Gasteiger partial charge is 0.230 e. The van der Waals surface area contributed by atoms with Gasteiger partial charge < -0.3 is 29.2 Å². The van der Waals surface area contributed by atoms with Gasteiger partial charge in [-0.3, -0.25) is 0 Å². The van der Waals surface area contributed by atoms with E-state index in [0.29, 0.717) is 65.4 Å². The van der Waals surface area contributed by atoms with Crippen molar-refractivity contribution in [1.29, 1.82) is 0 Å². The van der Waals surface area contributed by atoms with Gasteiger partial charge in [0.15, 0.2) is 23.1 Å². The number of methoxy groups -OCH3 is 1. The molecule has 0 spiro atoms. The number of H-pyrrole nitrogens is 1. The third-order valence-corrected chi connectivity index (χ3v) is 5.87. The molecule has 2 aromatic carbocycles. The van der Waals surface area contributed by atoms with E-state index >= 15 is 4.39 Å². The van der Waals surface area contributed by atoms with E-state index in [1.54, 1.807) is 37.4 Å². The van der Waals surface area contributed by atoms with Crippen molar-refractivity contribution in [3.05, 3.63) is 48.2 Å². The number of halogens is 2. The highest BCUT2D eigenvalue weighted by Crippen LogP contribution is 2.37. The second-order valence-electron chi connectivity index (χ2n) is 8.19. The predicted molar refractivity (Wildman–Crippen MR) is 138 cm³/mol. The summed E-state index contributed by atoms with van der Waals surface area (Å²) in [6, 6.07) is 8.56. The Hall–Kier alpha value is -3.14. The number of ether oxygens (including phenoxy) is 4. The van der Waals surface area contributed by atoms with E-state index in [9.17, 15) is 0 Å². The van der Waals surface area contributed by atoms with Crippen LogP contribution in [0.3, 0.4) is 0 Å². The highest BCUT2D eigenvalue weighted by atomic mass is 35.5. The minimum absolute atomic E-state index is 0.0578. The number of nitrogens with one attached hydrogen (secondary N) is 2. The van der Waals surface area contributed by atoms with Crippen molar-refractivity contribution in [1.82, 2.24) is 20.3 Å². The zero-order chi connectivity index (χ0) is 25.3. The van der Waals surface area contributed by atoms with Crippen molar-refractivity contribution in [3.63, 3.8) is 0 Å². The van der Waals surface area contributed by atoms with Crippen LogP contribution in [0.2, 0.25) is 0 Å². The molecular formula is C26H30ClFN4O4. The van der Waals surface area contributed by atoms with Crippen LogP contribution in [-0.4, -0.2) is 54.7 Å². The van der Waals surface area contributed by atoms with Gasteiger partial charge in [0.05, 0.1) is 31.2 Å². The Bertz CT molecular complexity index is 1300. The van der Waals surface area contributed by atoms with Crippen LogP contribution in [0.1, 0.15) is 25.0 Å². The molecule has 0 atom stereocenters. The average Bonchev–Trinajstić information content (AvgIpc) is 3.31. The molecule has 8 nitrogen and oxygen atoms in total. The second kappa shape index (κ2) is 12.7. The fraction of sp³-hybridized carbons (Fsp3) is 0.385. The Kier molecular flexibility index (Phi) is 9.16. The molecular weight excluding hydrogens is 487 g/mol. The van der Waals surface area contributed by atoms with E-state index in [2.05, 4.69) is 20.3 Å². The number of benzene rings is 2. The maximum Gasteiger partial charge on any atom is 0.230 e. The maximum atomic E-state index is 15.4. The first-order valence-electron chi connectivity index (χ1n) is 11.9. The van der Waals surface area contributed by atoms with E-state index in [4.69, 9.17) is 30.5 Å². The van der Waals surface area contributed by atoms with Gasteiger partial charge in [-0.25, -0.2) is 14.4 Å². The molecule has 0 unspecified atom stereocenters. The molecule has 0 saturated heterocycles. The third-order valence-electron chi connectivity index (χ3n) is 5.61. The molecule has 0 fully saturated rings. The Morgan fingerprint density at radius 3 is 2.69 bits per heavy atom. The van der Waals surface area contributed by atoms with Gasteiger partial charge in [0.2, 0.25) is 5.88 Å². The average molecular weight is 517 g/mol. The van der Waals surface area contributed by atoms with Crippen LogP contribution in [-0.2, 0) is 11.3 Å². The van der Waals surface area contributed by atoms with Gasteiger partial charge in [-0.1, -0.05) is 0 Å². The summed E-state index contributed by atoms with van der Waals surface area (Å²) in [4.78, 5) is 11.7. The summed E-state index contributed by atoms with van der Waals surface area (Å²) in [6.07, 6.45) is 4.08. The number of rotatable bonds is 14. The minimum atomic E-state index is -0.483. The summed E-state index contributed by atoms with van der Waals surface area (Å²) in [5.74, 6) is 1.32. The summed E-state index contributed by atoms with van der Waals surface area (Å²) in [7, 11) is 3.47. The van der Waals surface area contributed by atoms with Crippen LogP contribution in [0.5, 0.6) is 23.1 Å². The van der Waals surface area contributed by atoms with Crippen LogP contribution in [0.15, 0.2) is 36.7 Å². The minimum Gasteiger partial charge on any atom is -0.493 e. The van der Waals surface area contributed by atoms with Gasteiger partial charge in [0, 0.05) is 35.2 Å². The number of aromatic amines is 1. The highest BCUT2D eigenvalue weighted by molar-refractivity contribution is 6.17. The molecule has 2 heterocycles. The Balaban J connectivity index is 1.53. The van der Waals surface area contributed by atoms with Crippen LogP contribution in [0.4, 0.5) is 4.39 Å². The van der Waals surface area contributed by atoms with Gasteiger partial charge >= 0.3 is 0 Å². The summed E-state index contributed by atoms with van der Waals surface area (Å²) in [6.45, 7) is 2.44. The van der Waals surface area contributed by atoms with E-state index in [0.717, 1.165) is 25.1 Å². The summed E-state index contributed by atoms with van der Waals surface area (Å²) < 4.78 is 38.3. The van der Waals surface area contributed by atoms with Gasteiger partial charge in [-0.05, 0) is 57.1 Å². The fourth-order valence-electron chi connectivity index (χ4n) is 3.79. The van der Waals surface area contributed by atoms with Crippen LogP contribution < -0.4 is 19.5 Å². The topological polar surface area (TPSA) is 90.5 Å². The lowest BCUT2D eigenvalue weighted by Crippen LogP contribution is -2.08. The molecule has 192 valence electrons. The lowest BCUT2D eigenvalue weighted by molar-refractivity contribution is 0.115. The quantitative estimate of drug-likeness (QED) is 0.167. The van der Waals surface area contributed by atoms with E-state index in [1.165, 1.54) is 6.33 Å². The lowest BCUT2D eigenvalue weighted by atomic mass is 10.2. The van der Waals surface area contributed by atoms with Crippen LogP contribution in [0.25, 0.3) is 21.8 Å². The Morgan fingerprint density at radius 2 is 1.89 bits per heavy atom. The third kappa shape index (κ3) is 6.16. The number of fused-ring (bicyclic) bond motifs is 2. The lowest BCUT2D eigenvalue weighted by Gasteiger charge is -2.13. The van der Waals surface area contributed by atoms with Crippen LogP contribution in [0, 0.1) is 5.82 Å². The zero-order valence-electron chi connectivity index (χ0n) is 20.4. The molecule has 4 rings (SSSR count). The fourth-order valence-corrected chi connectivity index (χ4v) is 3.89. The standard InChI is InChI=1S/C26H30ClFN4O4/c1-29-9-3-4-10-34-15-17-12-18-20(32-17)6-7-22(25(18)28)36-26-19-13-23(33-2)24(35-11-5-8-27)14-21(19)30-16-31-26/h6-7,12-14,16,29,32H,3-5,8-11,15H2,1-2H3. The van der Waals surface area contributed by atoms with Crippen molar-refractivity contribution in [2.45, 2.75) is 25.9 Å². The van der Waals surface area contributed by atoms with E-state index < -0.39 is 5.82 Å². The molecule has 0 radical (unpaired) electrons. The summed E-state index contributed by atoms with van der Waals surface area (Å²) >= 11 is 5.74. The Labute approximate surface area is 214 Å². The largest absolute Gasteiger partial charge is 0.493 e. The van der Waals surface area contributed by atoms with Gasteiger partial charge in [-0.15, -0.1) is 11.6 Å². The Morgan fingerprint density at radius 1 is 1.00 bits per heavy atom. The number of unbranched alkanes of at least 4 members (excludes halogenated alkanes) is 1. The molecule has 0 saturated carbocycles. The van der Waals surface area contributed by atoms with Gasteiger partial charge in [0.1, 0.15) is 6.33 Å².